The molecule has 0 aliphatic rings. The van der Waals surface area contributed by atoms with Crippen molar-refractivity contribution in [2.24, 2.45) is 0 Å². The summed E-state index contributed by atoms with van der Waals surface area (Å²) in [6.07, 6.45) is 1.17. The van der Waals surface area contributed by atoms with E-state index in [0.29, 0.717) is 13.1 Å². The first kappa shape index (κ1) is 24.3. The fourth-order valence-corrected chi connectivity index (χ4v) is 3.03. The number of aromatic nitrogens is 4. The molecule has 0 unspecified atom stereocenters. The Labute approximate surface area is 196 Å². The van der Waals surface area contributed by atoms with E-state index in [1.165, 1.54) is 13.4 Å². The van der Waals surface area contributed by atoms with E-state index in [-0.39, 0.29) is 28.5 Å². The number of benzene rings is 1. The first-order chi connectivity index (χ1) is 16.3. The minimum atomic E-state index is -1.25. The minimum Gasteiger partial charge on any atom is -0.477 e. The van der Waals surface area contributed by atoms with Crippen LogP contribution in [0.4, 0.5) is 11.4 Å². The van der Waals surface area contributed by atoms with Gasteiger partial charge in [0.2, 0.25) is 0 Å². The van der Waals surface area contributed by atoms with Crippen molar-refractivity contribution in [3.8, 4) is 0 Å². The summed E-state index contributed by atoms with van der Waals surface area (Å²) in [4.78, 5) is 54.2. The number of esters is 1. The summed E-state index contributed by atoms with van der Waals surface area (Å²) >= 11 is 5.43. The van der Waals surface area contributed by atoms with Gasteiger partial charge in [0.15, 0.2) is 11.4 Å². The van der Waals surface area contributed by atoms with E-state index in [4.69, 9.17) is 22.6 Å². The van der Waals surface area contributed by atoms with Gasteiger partial charge < -0.3 is 20.9 Å². The lowest BCUT2D eigenvalue weighted by Crippen LogP contribution is -2.36. The van der Waals surface area contributed by atoms with Gasteiger partial charge in [-0.1, -0.05) is 24.3 Å². The number of carbonyl (C=O) groups excluding carboxylic acids is 1. The minimum absolute atomic E-state index is 0.0126. The van der Waals surface area contributed by atoms with Gasteiger partial charge >= 0.3 is 11.9 Å². The molecule has 0 bridgehead atoms. The molecule has 0 spiro atoms. The van der Waals surface area contributed by atoms with Crippen molar-refractivity contribution >= 4 is 40.9 Å². The fraction of sp³-hybridized carbons (Fsp3) is 0.150. The number of carbonyl (C=O) groups is 2. The van der Waals surface area contributed by atoms with Crippen molar-refractivity contribution in [1.82, 2.24) is 24.4 Å². The number of halogens is 1. The van der Waals surface area contributed by atoms with Crippen LogP contribution in [0.25, 0.3) is 5.78 Å². The Bertz CT molecular complexity index is 1430. The number of rotatable bonds is 7. The van der Waals surface area contributed by atoms with E-state index in [1.54, 1.807) is 0 Å². The Hall–Kier alpha value is -4.36. The molecule has 14 heteroatoms. The van der Waals surface area contributed by atoms with Gasteiger partial charge in [0, 0.05) is 19.2 Å². The Balaban J connectivity index is 0.000000192. The molecule has 0 saturated carbocycles. The van der Waals surface area contributed by atoms with Gasteiger partial charge in [0.1, 0.15) is 17.7 Å². The fourth-order valence-electron chi connectivity index (χ4n) is 2.87. The number of hydrogen-bond acceptors (Lipinski definition) is 11. The van der Waals surface area contributed by atoms with Crippen molar-refractivity contribution in [2.75, 3.05) is 18.2 Å². The topological polar surface area (TPSA) is 191 Å². The highest BCUT2D eigenvalue weighted by Crippen LogP contribution is 2.12. The quantitative estimate of drug-likeness (QED) is 0.159. The second kappa shape index (κ2) is 10.5. The second-order valence-corrected chi connectivity index (χ2v) is 6.99. The first-order valence-corrected chi connectivity index (χ1v) is 9.91. The van der Waals surface area contributed by atoms with Crippen LogP contribution in [0.1, 0.15) is 32.1 Å². The van der Waals surface area contributed by atoms with Crippen molar-refractivity contribution < 1.29 is 19.4 Å². The summed E-state index contributed by atoms with van der Waals surface area (Å²) in [6.45, 7) is 0.989. The number of nitrogen functional groups attached to an aromatic ring is 1. The largest absolute Gasteiger partial charge is 0.477 e. The highest BCUT2D eigenvalue weighted by atomic mass is 35.5. The van der Waals surface area contributed by atoms with Gasteiger partial charge in [-0.05, 0) is 22.9 Å². The first-order valence-electron chi connectivity index (χ1n) is 9.53. The number of carboxylic acid groups (broad SMARTS) is 1. The van der Waals surface area contributed by atoms with Crippen LogP contribution >= 0.6 is 11.8 Å². The average Bonchev–Trinajstić information content (AvgIpc) is 3.32. The van der Waals surface area contributed by atoms with Crippen LogP contribution in [0.2, 0.25) is 0 Å². The van der Waals surface area contributed by atoms with Crippen LogP contribution in [0.15, 0.2) is 46.2 Å². The van der Waals surface area contributed by atoms with Crippen LogP contribution in [0.3, 0.4) is 0 Å². The number of hydrogen-bond donors (Lipinski definition) is 4. The zero-order chi connectivity index (χ0) is 24.8. The zero-order valence-electron chi connectivity index (χ0n) is 17.6. The summed E-state index contributed by atoms with van der Waals surface area (Å²) in [5.41, 5.74) is 6.15. The zero-order valence-corrected chi connectivity index (χ0v) is 18.4. The number of ether oxygens (including phenoxy) is 1. The molecular formula is C20H18ClN7O6. The van der Waals surface area contributed by atoms with Gasteiger partial charge in [-0.15, -0.1) is 0 Å². The number of methoxy groups -OCH3 is 1. The SMILES string of the molecule is COC(=O)c1cc(C(=O)O)nc2ncnn12.Nc1c(NCc2cccc(CNCl)c2)c(=O)c1=O. The summed E-state index contributed by atoms with van der Waals surface area (Å²) < 4.78 is 5.61. The van der Waals surface area contributed by atoms with Crippen molar-refractivity contribution in [3.05, 3.63) is 79.6 Å². The number of aromatic carboxylic acids is 1. The molecule has 4 rings (SSSR count). The summed E-state index contributed by atoms with van der Waals surface area (Å²) in [7, 11) is 1.19. The highest BCUT2D eigenvalue weighted by Gasteiger charge is 2.18. The number of nitrogens with two attached hydrogens (primary N) is 1. The number of nitrogens with zero attached hydrogens (tertiary/aromatic N) is 4. The van der Waals surface area contributed by atoms with Gasteiger partial charge in [-0.2, -0.15) is 14.6 Å². The third kappa shape index (κ3) is 5.16. The third-order valence-corrected chi connectivity index (χ3v) is 4.68. The van der Waals surface area contributed by atoms with Gasteiger partial charge in [-0.25, -0.2) is 19.4 Å². The van der Waals surface area contributed by atoms with Gasteiger partial charge in [0.25, 0.3) is 16.6 Å². The maximum atomic E-state index is 11.4. The average molecular weight is 488 g/mol. The smallest absolute Gasteiger partial charge is 0.356 e. The molecule has 0 amide bonds. The predicted molar refractivity (Wildman–Crippen MR) is 121 cm³/mol. The molecule has 0 radical (unpaired) electrons. The third-order valence-electron chi connectivity index (χ3n) is 4.54. The molecule has 0 aliphatic heterocycles. The summed E-state index contributed by atoms with van der Waals surface area (Å²) in [5.74, 6) is -1.93. The van der Waals surface area contributed by atoms with Crippen molar-refractivity contribution in [2.45, 2.75) is 13.1 Å². The van der Waals surface area contributed by atoms with E-state index in [0.717, 1.165) is 21.7 Å². The van der Waals surface area contributed by atoms with Crippen molar-refractivity contribution in [3.63, 3.8) is 0 Å². The lowest BCUT2D eigenvalue weighted by atomic mass is 10.1. The van der Waals surface area contributed by atoms with Crippen molar-refractivity contribution in [1.29, 1.82) is 0 Å². The Morgan fingerprint density at radius 1 is 1.18 bits per heavy atom. The molecule has 34 heavy (non-hydrogen) atoms. The van der Waals surface area contributed by atoms with Gasteiger partial charge in [-0.3, -0.25) is 9.59 Å². The van der Waals surface area contributed by atoms with E-state index in [2.05, 4.69) is 30.0 Å². The Kier molecular flexibility index (Phi) is 7.50. The number of carboxylic acids is 1. The normalized spacial score (nSPS) is 10.5. The molecule has 13 nitrogen and oxygen atoms in total. The molecule has 0 fully saturated rings. The number of fused-ring (bicyclic) bond motifs is 1. The standard InChI is InChI=1S/C12H12ClN3O2.C8H6N4O4/c13-16-6-8-3-1-2-7(4-8)5-15-10-9(14)11(17)12(10)18;1-16-7(15)5-2-4(6(13)14)11-8-9-3-10-12(5)8/h1-4,15-16H,5-6,14H2;2-3H,1H3,(H,13,14). The maximum absolute atomic E-state index is 11.4. The molecule has 5 N–H and O–H groups in total. The van der Waals surface area contributed by atoms with Crippen LogP contribution in [0, 0.1) is 0 Å². The maximum Gasteiger partial charge on any atom is 0.356 e. The monoisotopic (exact) mass is 487 g/mol. The molecule has 176 valence electrons. The molecule has 0 aliphatic carbocycles. The summed E-state index contributed by atoms with van der Waals surface area (Å²) in [5, 5.41) is 15.4. The van der Waals surface area contributed by atoms with E-state index in [9.17, 15) is 19.2 Å². The molecule has 2 aromatic carbocycles. The molecule has 0 atom stereocenters. The van der Waals surface area contributed by atoms with Crippen LogP contribution in [-0.2, 0) is 17.8 Å². The van der Waals surface area contributed by atoms with Crippen LogP contribution in [0.5, 0.6) is 0 Å². The summed E-state index contributed by atoms with van der Waals surface area (Å²) in [6, 6.07) is 8.77. The number of anilines is 2. The number of nitrogens with one attached hydrogen (secondary N) is 2. The van der Waals surface area contributed by atoms with E-state index >= 15 is 0 Å². The van der Waals surface area contributed by atoms with E-state index < -0.39 is 22.8 Å². The molecular weight excluding hydrogens is 470 g/mol. The Morgan fingerprint density at radius 3 is 2.50 bits per heavy atom. The molecule has 2 aromatic heterocycles. The van der Waals surface area contributed by atoms with E-state index in [1.807, 2.05) is 24.3 Å². The Morgan fingerprint density at radius 2 is 1.88 bits per heavy atom. The van der Waals surface area contributed by atoms with Crippen LogP contribution < -0.4 is 26.7 Å². The molecule has 0 saturated heterocycles. The lowest BCUT2D eigenvalue weighted by Gasteiger charge is -2.10. The van der Waals surface area contributed by atoms with Crippen LogP contribution in [-0.4, -0.2) is 43.7 Å². The lowest BCUT2D eigenvalue weighted by molar-refractivity contribution is 0.0590. The predicted octanol–water partition coefficient (Wildman–Crippen LogP) is 0.329. The van der Waals surface area contributed by atoms with Gasteiger partial charge in [0.05, 0.1) is 7.11 Å². The molecule has 4 aromatic rings. The molecule has 2 heterocycles. The second-order valence-electron chi connectivity index (χ2n) is 6.73. The highest BCUT2D eigenvalue weighted by molar-refractivity contribution is 6.13.